The molecule has 0 N–H and O–H groups in total. The van der Waals surface area contributed by atoms with Gasteiger partial charge in [0.25, 0.3) is 0 Å². The van der Waals surface area contributed by atoms with Crippen LogP contribution in [0.5, 0.6) is 0 Å². The van der Waals surface area contributed by atoms with E-state index in [-0.39, 0.29) is 5.82 Å². The van der Waals surface area contributed by atoms with Crippen molar-refractivity contribution in [2.24, 2.45) is 0 Å². The quantitative estimate of drug-likeness (QED) is 0.589. The van der Waals surface area contributed by atoms with Crippen molar-refractivity contribution in [3.63, 3.8) is 0 Å². The Bertz CT molecular complexity index is 703. The van der Waals surface area contributed by atoms with Crippen LogP contribution in [0.15, 0.2) is 42.5 Å². The summed E-state index contributed by atoms with van der Waals surface area (Å²) in [5.74, 6) is -0.162. The molecule has 0 unspecified atom stereocenters. The number of hydrogen-bond acceptors (Lipinski definition) is 2. The summed E-state index contributed by atoms with van der Waals surface area (Å²) in [6.45, 7) is 9.80. The fraction of sp³-hybridized carbons (Fsp3) is 0.500. The van der Waals surface area contributed by atoms with E-state index in [1.807, 2.05) is 12.1 Å². The standard InChI is InChI=1S/C24H33FN2/c1-3-4-5-6-22-19-21(8-7-20(22)2)13-14-26-15-17-27(18-16-26)24-11-9-23(25)10-12-24/h7-12,19H,3-6,13-18H2,1-2H3. The first-order chi connectivity index (χ1) is 13.2. The lowest BCUT2D eigenvalue weighted by Crippen LogP contribution is -2.47. The van der Waals surface area contributed by atoms with Crippen LogP contribution in [0.2, 0.25) is 0 Å². The molecule has 146 valence electrons. The first-order valence-electron chi connectivity index (χ1n) is 10.5. The van der Waals surface area contributed by atoms with E-state index in [4.69, 9.17) is 0 Å². The molecule has 3 heteroatoms. The topological polar surface area (TPSA) is 6.48 Å². The van der Waals surface area contributed by atoms with E-state index in [1.165, 1.54) is 42.4 Å². The molecule has 1 fully saturated rings. The molecule has 27 heavy (non-hydrogen) atoms. The molecule has 2 aromatic carbocycles. The highest BCUT2D eigenvalue weighted by Crippen LogP contribution is 2.18. The molecule has 2 aromatic rings. The second kappa shape index (κ2) is 9.89. The lowest BCUT2D eigenvalue weighted by molar-refractivity contribution is 0.261. The van der Waals surface area contributed by atoms with Gasteiger partial charge in [-0.05, 0) is 67.1 Å². The number of nitrogens with zero attached hydrogens (tertiary/aromatic N) is 2. The summed E-state index contributed by atoms with van der Waals surface area (Å²) in [4.78, 5) is 4.91. The second-order valence-electron chi connectivity index (χ2n) is 7.77. The number of piperazine rings is 1. The molecule has 3 rings (SSSR count). The summed E-state index contributed by atoms with van der Waals surface area (Å²) in [5.41, 5.74) is 5.56. The van der Waals surface area contributed by atoms with E-state index in [0.717, 1.165) is 44.8 Å². The summed E-state index contributed by atoms with van der Waals surface area (Å²) >= 11 is 0. The van der Waals surface area contributed by atoms with Crippen molar-refractivity contribution in [2.45, 2.75) is 46.0 Å². The van der Waals surface area contributed by atoms with Gasteiger partial charge in [0.1, 0.15) is 5.82 Å². The summed E-state index contributed by atoms with van der Waals surface area (Å²) in [6.07, 6.45) is 6.23. The van der Waals surface area contributed by atoms with Crippen LogP contribution in [0.25, 0.3) is 0 Å². The van der Waals surface area contributed by atoms with Gasteiger partial charge < -0.3 is 4.90 Å². The maximum atomic E-state index is 13.1. The number of anilines is 1. The molecule has 0 bridgehead atoms. The zero-order chi connectivity index (χ0) is 19.1. The first-order valence-corrected chi connectivity index (χ1v) is 10.5. The SMILES string of the molecule is CCCCCc1cc(CCN2CCN(c3ccc(F)cc3)CC2)ccc1C. The fourth-order valence-corrected chi connectivity index (χ4v) is 3.88. The highest BCUT2D eigenvalue weighted by molar-refractivity contribution is 5.46. The van der Waals surface area contributed by atoms with Crippen molar-refractivity contribution < 1.29 is 4.39 Å². The van der Waals surface area contributed by atoms with E-state index in [1.54, 1.807) is 12.1 Å². The Morgan fingerprint density at radius 2 is 1.63 bits per heavy atom. The van der Waals surface area contributed by atoms with Crippen LogP contribution in [-0.2, 0) is 12.8 Å². The van der Waals surface area contributed by atoms with Crippen LogP contribution in [0, 0.1) is 12.7 Å². The van der Waals surface area contributed by atoms with Gasteiger partial charge in [-0.3, -0.25) is 4.90 Å². The Morgan fingerprint density at radius 3 is 2.33 bits per heavy atom. The maximum absolute atomic E-state index is 13.1. The zero-order valence-corrected chi connectivity index (χ0v) is 16.9. The van der Waals surface area contributed by atoms with E-state index in [0.29, 0.717) is 0 Å². The lowest BCUT2D eigenvalue weighted by Gasteiger charge is -2.36. The Hall–Kier alpha value is -1.87. The average molecular weight is 369 g/mol. The molecular weight excluding hydrogens is 335 g/mol. The molecule has 0 aliphatic carbocycles. The van der Waals surface area contributed by atoms with Gasteiger partial charge >= 0.3 is 0 Å². The second-order valence-corrected chi connectivity index (χ2v) is 7.77. The number of unbranched alkanes of at least 4 members (excludes halogenated alkanes) is 2. The Morgan fingerprint density at radius 1 is 0.889 bits per heavy atom. The van der Waals surface area contributed by atoms with Crippen LogP contribution >= 0.6 is 0 Å². The minimum atomic E-state index is -0.162. The summed E-state index contributed by atoms with van der Waals surface area (Å²) in [7, 11) is 0. The van der Waals surface area contributed by atoms with Crippen LogP contribution in [-0.4, -0.2) is 37.6 Å². The molecule has 0 amide bonds. The van der Waals surface area contributed by atoms with Gasteiger partial charge in [-0.2, -0.15) is 0 Å². The summed E-state index contributed by atoms with van der Waals surface area (Å²) in [6, 6.07) is 13.9. The van der Waals surface area contributed by atoms with Crippen molar-refractivity contribution in [3.8, 4) is 0 Å². The first kappa shape index (κ1) is 19.9. The number of rotatable bonds is 8. The molecular formula is C24H33FN2. The van der Waals surface area contributed by atoms with Crippen molar-refractivity contribution in [1.29, 1.82) is 0 Å². The Balaban J connectivity index is 1.47. The summed E-state index contributed by atoms with van der Waals surface area (Å²) in [5, 5.41) is 0. The predicted molar refractivity (Wildman–Crippen MR) is 113 cm³/mol. The van der Waals surface area contributed by atoms with Crippen LogP contribution in [0.3, 0.4) is 0 Å². The van der Waals surface area contributed by atoms with E-state index >= 15 is 0 Å². The number of benzene rings is 2. The van der Waals surface area contributed by atoms with Crippen molar-refractivity contribution in [3.05, 3.63) is 65.0 Å². The zero-order valence-electron chi connectivity index (χ0n) is 16.9. The number of halogens is 1. The molecule has 0 saturated carbocycles. The molecule has 0 spiro atoms. The normalized spacial score (nSPS) is 15.3. The van der Waals surface area contributed by atoms with E-state index in [9.17, 15) is 4.39 Å². The highest BCUT2D eigenvalue weighted by atomic mass is 19.1. The fourth-order valence-electron chi connectivity index (χ4n) is 3.88. The van der Waals surface area contributed by atoms with E-state index in [2.05, 4.69) is 41.8 Å². The lowest BCUT2D eigenvalue weighted by atomic mass is 9.98. The van der Waals surface area contributed by atoms with Gasteiger partial charge in [0.15, 0.2) is 0 Å². The minimum Gasteiger partial charge on any atom is -0.369 e. The molecule has 0 aromatic heterocycles. The average Bonchev–Trinajstić information content (AvgIpc) is 2.69. The minimum absolute atomic E-state index is 0.162. The van der Waals surface area contributed by atoms with Crippen LogP contribution in [0.1, 0.15) is 42.9 Å². The van der Waals surface area contributed by atoms with Gasteiger partial charge in [0.05, 0.1) is 0 Å². The van der Waals surface area contributed by atoms with E-state index < -0.39 is 0 Å². The van der Waals surface area contributed by atoms with Gasteiger partial charge in [-0.1, -0.05) is 38.0 Å². The van der Waals surface area contributed by atoms with Crippen molar-refractivity contribution in [1.82, 2.24) is 4.90 Å². The smallest absolute Gasteiger partial charge is 0.123 e. The third kappa shape index (κ3) is 5.80. The third-order valence-electron chi connectivity index (χ3n) is 5.74. The van der Waals surface area contributed by atoms with Gasteiger partial charge in [-0.25, -0.2) is 4.39 Å². The van der Waals surface area contributed by atoms with Crippen molar-refractivity contribution >= 4 is 5.69 Å². The monoisotopic (exact) mass is 368 g/mol. The highest BCUT2D eigenvalue weighted by Gasteiger charge is 2.17. The molecule has 0 atom stereocenters. The molecule has 1 heterocycles. The molecule has 0 radical (unpaired) electrons. The number of aryl methyl sites for hydroxylation is 2. The van der Waals surface area contributed by atoms with Gasteiger partial charge in [-0.15, -0.1) is 0 Å². The van der Waals surface area contributed by atoms with Gasteiger partial charge in [0.2, 0.25) is 0 Å². The molecule has 1 saturated heterocycles. The third-order valence-corrected chi connectivity index (χ3v) is 5.74. The Kier molecular flexibility index (Phi) is 7.28. The number of hydrogen-bond donors (Lipinski definition) is 0. The van der Waals surface area contributed by atoms with Gasteiger partial charge in [0, 0.05) is 38.4 Å². The van der Waals surface area contributed by atoms with Crippen LogP contribution in [0.4, 0.5) is 10.1 Å². The largest absolute Gasteiger partial charge is 0.369 e. The van der Waals surface area contributed by atoms with Crippen LogP contribution < -0.4 is 4.90 Å². The maximum Gasteiger partial charge on any atom is 0.123 e. The Labute approximate surface area is 164 Å². The predicted octanol–water partition coefficient (Wildman–Crippen LogP) is 5.23. The van der Waals surface area contributed by atoms with Crippen molar-refractivity contribution in [2.75, 3.05) is 37.6 Å². The molecule has 1 aliphatic heterocycles. The molecule has 1 aliphatic rings. The summed E-state index contributed by atoms with van der Waals surface area (Å²) < 4.78 is 13.1. The molecule has 2 nitrogen and oxygen atoms in total.